The Morgan fingerprint density at radius 1 is 0.889 bits per heavy atom. The van der Waals surface area contributed by atoms with Gasteiger partial charge in [0, 0.05) is 26.7 Å². The third-order valence-corrected chi connectivity index (χ3v) is 3.17. The van der Waals surface area contributed by atoms with Crippen molar-refractivity contribution in [2.24, 2.45) is 0 Å². The van der Waals surface area contributed by atoms with Crippen LogP contribution in [0.25, 0.3) is 11.1 Å². The zero-order valence-electron chi connectivity index (χ0n) is 8.86. The Bertz CT molecular complexity index is 629. The summed E-state index contributed by atoms with van der Waals surface area (Å²) >= 11 is 17.7. The van der Waals surface area contributed by atoms with E-state index in [1.807, 2.05) is 0 Å². The Morgan fingerprint density at radius 3 is 2.17 bits per heavy atom. The van der Waals surface area contributed by atoms with Gasteiger partial charge in [-0.15, -0.1) is 0 Å². The first-order chi connectivity index (χ1) is 8.49. The van der Waals surface area contributed by atoms with Gasteiger partial charge >= 0.3 is 0 Å². The van der Waals surface area contributed by atoms with Crippen LogP contribution in [0.4, 0.5) is 5.69 Å². The molecule has 0 heterocycles. The van der Waals surface area contributed by atoms with Gasteiger partial charge in [0.25, 0.3) is 5.69 Å². The van der Waals surface area contributed by atoms with Crippen molar-refractivity contribution >= 4 is 40.5 Å². The van der Waals surface area contributed by atoms with Crippen LogP contribution < -0.4 is 0 Å². The van der Waals surface area contributed by atoms with Crippen LogP contribution in [0.5, 0.6) is 0 Å². The Kier molecular flexibility index (Phi) is 3.76. The molecule has 0 aliphatic rings. The normalized spacial score (nSPS) is 10.4. The minimum Gasteiger partial charge on any atom is -0.258 e. The molecule has 0 bridgehead atoms. The maximum Gasteiger partial charge on any atom is 0.278 e. The minimum atomic E-state index is -0.502. The molecule has 0 amide bonds. The predicted molar refractivity (Wildman–Crippen MR) is 73.6 cm³/mol. The number of halogens is 3. The first kappa shape index (κ1) is 13.1. The number of nitro benzene ring substituents is 1. The van der Waals surface area contributed by atoms with Crippen LogP contribution >= 0.6 is 34.8 Å². The Morgan fingerprint density at radius 2 is 1.50 bits per heavy atom. The molecular formula is C12H6Cl3NO2. The van der Waals surface area contributed by atoms with Gasteiger partial charge in [0.2, 0.25) is 0 Å². The highest BCUT2D eigenvalue weighted by atomic mass is 35.5. The molecule has 6 heteroatoms. The molecule has 0 aromatic heterocycles. The summed E-state index contributed by atoms with van der Waals surface area (Å²) in [6.07, 6.45) is 0. The Balaban J connectivity index is 2.70. The fourth-order valence-electron chi connectivity index (χ4n) is 1.59. The van der Waals surface area contributed by atoms with E-state index in [1.54, 1.807) is 30.3 Å². The van der Waals surface area contributed by atoms with Gasteiger partial charge in [-0.2, -0.15) is 0 Å². The predicted octanol–water partition coefficient (Wildman–Crippen LogP) is 5.22. The zero-order chi connectivity index (χ0) is 13.3. The smallest absolute Gasteiger partial charge is 0.258 e. The van der Waals surface area contributed by atoms with Crippen LogP contribution in [0.1, 0.15) is 0 Å². The molecule has 0 fully saturated rings. The van der Waals surface area contributed by atoms with Crippen molar-refractivity contribution in [1.82, 2.24) is 0 Å². The maximum atomic E-state index is 11.0. The molecule has 18 heavy (non-hydrogen) atoms. The molecule has 0 aliphatic carbocycles. The van der Waals surface area contributed by atoms with Crippen LogP contribution in [0.3, 0.4) is 0 Å². The second-order valence-electron chi connectivity index (χ2n) is 3.54. The average molecular weight is 303 g/mol. The number of hydrogen-bond acceptors (Lipinski definition) is 2. The first-order valence-corrected chi connectivity index (χ1v) is 6.02. The lowest BCUT2D eigenvalue weighted by Gasteiger charge is -2.06. The molecule has 0 N–H and O–H groups in total. The zero-order valence-corrected chi connectivity index (χ0v) is 11.1. The van der Waals surface area contributed by atoms with Gasteiger partial charge in [0.05, 0.1) is 10.5 Å². The van der Waals surface area contributed by atoms with E-state index in [0.717, 1.165) is 0 Å². The summed E-state index contributed by atoms with van der Waals surface area (Å²) in [5.74, 6) is 0. The fourth-order valence-corrected chi connectivity index (χ4v) is 2.15. The van der Waals surface area contributed by atoms with Crippen molar-refractivity contribution in [2.45, 2.75) is 0 Å². The van der Waals surface area contributed by atoms with E-state index in [-0.39, 0.29) is 5.69 Å². The maximum absolute atomic E-state index is 11.0. The molecule has 0 radical (unpaired) electrons. The summed E-state index contributed by atoms with van der Waals surface area (Å²) in [7, 11) is 0. The minimum absolute atomic E-state index is 0.105. The van der Waals surface area contributed by atoms with E-state index in [2.05, 4.69) is 0 Å². The summed E-state index contributed by atoms with van der Waals surface area (Å²) in [5, 5.41) is 12.2. The molecule has 0 saturated carbocycles. The van der Waals surface area contributed by atoms with E-state index in [9.17, 15) is 10.1 Å². The Hall–Kier alpha value is -1.29. The largest absolute Gasteiger partial charge is 0.278 e. The molecule has 2 rings (SSSR count). The lowest BCUT2D eigenvalue weighted by molar-refractivity contribution is -0.384. The third kappa shape index (κ3) is 2.58. The van der Waals surface area contributed by atoms with Gasteiger partial charge in [-0.05, 0) is 30.3 Å². The quantitative estimate of drug-likeness (QED) is 0.563. The molecule has 0 unspecified atom stereocenters. The van der Waals surface area contributed by atoms with E-state index >= 15 is 0 Å². The van der Waals surface area contributed by atoms with Crippen molar-refractivity contribution in [3.05, 3.63) is 61.6 Å². The molecule has 3 nitrogen and oxygen atoms in total. The van der Waals surface area contributed by atoms with Crippen molar-refractivity contribution in [3.8, 4) is 11.1 Å². The fraction of sp³-hybridized carbons (Fsp3) is 0. The van der Waals surface area contributed by atoms with Crippen LogP contribution in [0.2, 0.25) is 15.1 Å². The van der Waals surface area contributed by atoms with E-state index in [4.69, 9.17) is 34.8 Å². The summed E-state index contributed by atoms with van der Waals surface area (Å²) in [6, 6.07) is 9.21. The van der Waals surface area contributed by atoms with Gasteiger partial charge in [-0.3, -0.25) is 10.1 Å². The SMILES string of the molecule is O=[N+]([O-])c1cc(Cl)ccc1-c1cc(Cl)ccc1Cl. The number of nitro groups is 1. The lowest BCUT2D eigenvalue weighted by atomic mass is 10.0. The molecule has 92 valence electrons. The van der Waals surface area contributed by atoms with Crippen molar-refractivity contribution in [3.63, 3.8) is 0 Å². The van der Waals surface area contributed by atoms with E-state index < -0.39 is 4.92 Å². The number of rotatable bonds is 2. The molecular weight excluding hydrogens is 296 g/mol. The second kappa shape index (κ2) is 5.14. The average Bonchev–Trinajstić information content (AvgIpc) is 2.32. The molecule has 2 aromatic rings. The molecule has 0 saturated heterocycles. The second-order valence-corrected chi connectivity index (χ2v) is 4.82. The summed E-state index contributed by atoms with van der Waals surface area (Å²) in [4.78, 5) is 10.5. The van der Waals surface area contributed by atoms with Gasteiger partial charge in [0.1, 0.15) is 0 Å². The van der Waals surface area contributed by atoms with Crippen LogP contribution in [0.15, 0.2) is 36.4 Å². The summed E-state index contributed by atoms with van der Waals surface area (Å²) in [5.41, 5.74) is 0.788. The number of nitrogens with zero attached hydrogens (tertiary/aromatic N) is 1. The molecule has 0 aliphatic heterocycles. The summed E-state index contributed by atoms with van der Waals surface area (Å²) < 4.78 is 0. The summed E-state index contributed by atoms with van der Waals surface area (Å²) in [6.45, 7) is 0. The number of hydrogen-bond donors (Lipinski definition) is 0. The first-order valence-electron chi connectivity index (χ1n) is 4.88. The van der Waals surface area contributed by atoms with Gasteiger partial charge in [0.15, 0.2) is 0 Å². The molecule has 0 spiro atoms. The highest BCUT2D eigenvalue weighted by Crippen LogP contribution is 2.37. The Labute approximate surface area is 118 Å². The van der Waals surface area contributed by atoms with Crippen LogP contribution in [0, 0.1) is 10.1 Å². The monoisotopic (exact) mass is 301 g/mol. The van der Waals surface area contributed by atoms with Crippen LogP contribution in [-0.2, 0) is 0 Å². The van der Waals surface area contributed by atoms with Crippen LogP contribution in [-0.4, -0.2) is 4.92 Å². The third-order valence-electron chi connectivity index (χ3n) is 2.38. The molecule has 2 aromatic carbocycles. The van der Waals surface area contributed by atoms with E-state index in [0.29, 0.717) is 26.2 Å². The van der Waals surface area contributed by atoms with Gasteiger partial charge in [-0.1, -0.05) is 34.8 Å². The standard InChI is InChI=1S/C12H6Cl3NO2/c13-7-2-4-11(15)10(5-7)9-3-1-8(14)6-12(9)16(17)18/h1-6H. The lowest BCUT2D eigenvalue weighted by Crippen LogP contribution is -1.92. The molecule has 0 atom stereocenters. The van der Waals surface area contributed by atoms with Crippen molar-refractivity contribution in [1.29, 1.82) is 0 Å². The van der Waals surface area contributed by atoms with Gasteiger partial charge < -0.3 is 0 Å². The number of benzene rings is 2. The van der Waals surface area contributed by atoms with Gasteiger partial charge in [-0.25, -0.2) is 0 Å². The van der Waals surface area contributed by atoms with E-state index in [1.165, 1.54) is 6.07 Å². The topological polar surface area (TPSA) is 43.1 Å². The van der Waals surface area contributed by atoms with Crippen molar-refractivity contribution < 1.29 is 4.92 Å². The highest BCUT2D eigenvalue weighted by Gasteiger charge is 2.18. The highest BCUT2D eigenvalue weighted by molar-refractivity contribution is 6.35. The van der Waals surface area contributed by atoms with Crippen molar-refractivity contribution in [2.75, 3.05) is 0 Å².